The first-order valence-electron chi connectivity index (χ1n) is 22.4. The van der Waals surface area contributed by atoms with Gasteiger partial charge in [0.1, 0.15) is 0 Å². The molecule has 0 aliphatic heterocycles. The smallest absolute Gasteiger partial charge is 0.0726 e. The molecule has 3 aliphatic carbocycles. The second-order valence-corrected chi connectivity index (χ2v) is 20.7. The molecule has 0 saturated carbocycles. The van der Waals surface area contributed by atoms with Crippen molar-refractivity contribution in [3.63, 3.8) is 0 Å². The molecule has 11 rings (SSSR count). The molecule has 0 radical (unpaired) electrons. The summed E-state index contributed by atoms with van der Waals surface area (Å²) in [7, 11) is 0. The SMILES string of the molecule is Cc1ccc(-c2ccccc2N(c2ccc3c(c2)C(C)(C)c2ccccc2-3)c2ccc3c(c2)C2(c4ccccc4-3)c3cc(C(C)(C)C)ccc3-c3ccc(C(C)(C)C)cc32)cc1. The summed E-state index contributed by atoms with van der Waals surface area (Å²) in [4.78, 5) is 2.54. The number of benzene rings is 8. The number of aryl methyl sites for hydroxylation is 1. The molecule has 62 heavy (non-hydrogen) atoms. The van der Waals surface area contributed by atoms with Gasteiger partial charge in [-0.05, 0) is 132 Å². The minimum atomic E-state index is -0.501. The summed E-state index contributed by atoms with van der Waals surface area (Å²) in [6, 6.07) is 65.4. The van der Waals surface area contributed by atoms with Crippen LogP contribution in [0.15, 0.2) is 170 Å². The number of para-hydroxylation sites is 1. The molecule has 0 atom stereocenters. The van der Waals surface area contributed by atoms with Crippen LogP contribution in [0.4, 0.5) is 17.1 Å². The van der Waals surface area contributed by atoms with Crippen molar-refractivity contribution in [2.24, 2.45) is 0 Å². The van der Waals surface area contributed by atoms with Gasteiger partial charge in [-0.2, -0.15) is 0 Å². The molecule has 1 heteroatoms. The molecule has 8 aromatic rings. The van der Waals surface area contributed by atoms with Gasteiger partial charge in [0, 0.05) is 22.4 Å². The number of hydrogen-bond donors (Lipinski definition) is 0. The van der Waals surface area contributed by atoms with E-state index in [-0.39, 0.29) is 16.2 Å². The lowest BCUT2D eigenvalue weighted by Gasteiger charge is -2.34. The minimum Gasteiger partial charge on any atom is -0.310 e. The van der Waals surface area contributed by atoms with Crippen molar-refractivity contribution in [2.45, 2.75) is 84.0 Å². The quantitative estimate of drug-likeness (QED) is 0.171. The van der Waals surface area contributed by atoms with Gasteiger partial charge in [-0.15, -0.1) is 0 Å². The fraction of sp³-hybridized carbons (Fsp3) is 0.213. The van der Waals surface area contributed by atoms with Gasteiger partial charge in [-0.1, -0.05) is 200 Å². The molecule has 0 bridgehead atoms. The van der Waals surface area contributed by atoms with Gasteiger partial charge in [0.2, 0.25) is 0 Å². The Kier molecular flexibility index (Phi) is 8.24. The average Bonchev–Trinajstić information content (AvgIpc) is 3.81. The highest BCUT2D eigenvalue weighted by Gasteiger charge is 2.52. The monoisotopic (exact) mass is 801 g/mol. The van der Waals surface area contributed by atoms with Crippen LogP contribution in [-0.2, 0) is 21.7 Å². The summed E-state index contributed by atoms with van der Waals surface area (Å²) in [5.74, 6) is 0. The molecule has 1 nitrogen and oxygen atoms in total. The maximum absolute atomic E-state index is 2.56. The fourth-order valence-corrected chi connectivity index (χ4v) is 11.1. The van der Waals surface area contributed by atoms with E-state index >= 15 is 0 Å². The van der Waals surface area contributed by atoms with Crippen LogP contribution in [0.1, 0.15) is 105 Å². The van der Waals surface area contributed by atoms with Gasteiger partial charge < -0.3 is 4.90 Å². The lowest BCUT2D eigenvalue weighted by molar-refractivity contribution is 0.586. The maximum Gasteiger partial charge on any atom is 0.0726 e. The molecular weight excluding hydrogens is 747 g/mol. The lowest BCUT2D eigenvalue weighted by atomic mass is 9.68. The van der Waals surface area contributed by atoms with Crippen molar-refractivity contribution in [3.05, 3.63) is 220 Å². The molecule has 8 aromatic carbocycles. The topological polar surface area (TPSA) is 3.24 Å². The number of hydrogen-bond acceptors (Lipinski definition) is 1. The van der Waals surface area contributed by atoms with Crippen molar-refractivity contribution in [1.82, 2.24) is 0 Å². The fourth-order valence-electron chi connectivity index (χ4n) is 11.1. The first-order valence-corrected chi connectivity index (χ1v) is 22.4. The summed E-state index contributed by atoms with van der Waals surface area (Å²) in [5, 5.41) is 0. The summed E-state index contributed by atoms with van der Waals surface area (Å²) < 4.78 is 0. The molecule has 304 valence electrons. The van der Waals surface area contributed by atoms with Gasteiger partial charge in [0.05, 0.1) is 11.1 Å². The highest BCUT2D eigenvalue weighted by Crippen LogP contribution is 2.64. The molecule has 0 fully saturated rings. The molecule has 0 amide bonds. The zero-order valence-electron chi connectivity index (χ0n) is 37.6. The normalized spacial score (nSPS) is 14.8. The first-order chi connectivity index (χ1) is 29.7. The van der Waals surface area contributed by atoms with Crippen molar-refractivity contribution < 1.29 is 0 Å². The van der Waals surface area contributed by atoms with E-state index in [0.29, 0.717) is 0 Å². The van der Waals surface area contributed by atoms with Crippen LogP contribution in [0.5, 0.6) is 0 Å². The Hall–Kier alpha value is -6.44. The molecule has 0 saturated heterocycles. The molecule has 0 heterocycles. The molecule has 3 aliphatic rings. The summed E-state index contributed by atoms with van der Waals surface area (Å²) in [6.07, 6.45) is 0. The third-order valence-corrected chi connectivity index (χ3v) is 14.5. The van der Waals surface area contributed by atoms with Gasteiger partial charge in [-0.3, -0.25) is 0 Å². The molecular formula is C61H55N. The Morgan fingerprint density at radius 2 is 0.790 bits per heavy atom. The van der Waals surface area contributed by atoms with Crippen molar-refractivity contribution in [1.29, 1.82) is 0 Å². The van der Waals surface area contributed by atoms with Gasteiger partial charge in [0.25, 0.3) is 0 Å². The molecule has 0 unspecified atom stereocenters. The second-order valence-electron chi connectivity index (χ2n) is 20.7. The largest absolute Gasteiger partial charge is 0.310 e. The Bertz CT molecular complexity index is 3060. The van der Waals surface area contributed by atoms with E-state index in [1.165, 1.54) is 94.6 Å². The lowest BCUT2D eigenvalue weighted by Crippen LogP contribution is -2.27. The van der Waals surface area contributed by atoms with E-state index < -0.39 is 5.41 Å². The summed E-state index contributed by atoms with van der Waals surface area (Å²) in [6.45, 7) is 21.0. The number of nitrogens with zero attached hydrogens (tertiary/aromatic N) is 1. The van der Waals surface area contributed by atoms with Crippen LogP contribution in [0.3, 0.4) is 0 Å². The van der Waals surface area contributed by atoms with Crippen LogP contribution in [0, 0.1) is 6.92 Å². The third-order valence-electron chi connectivity index (χ3n) is 14.5. The number of anilines is 3. The zero-order valence-corrected chi connectivity index (χ0v) is 37.6. The standard InChI is InChI=1S/C61H55N/c1-38-22-24-39(25-23-38)44-16-12-15-21-57(44)62(42-28-32-47-45-17-10-13-19-51(45)60(8,9)53(47)36-42)43-29-33-50-46-18-11-14-20-52(46)61(56(50)37-43)54-34-40(58(2,3)4)26-30-48(54)49-31-27-41(35-55(49)61)59(5,6)7/h10-37H,1-9H3. The number of fused-ring (bicyclic) bond motifs is 13. The van der Waals surface area contributed by atoms with Crippen LogP contribution in [-0.4, -0.2) is 0 Å². The highest BCUT2D eigenvalue weighted by atomic mass is 15.1. The average molecular weight is 802 g/mol. The minimum absolute atomic E-state index is 0.0120. The number of rotatable bonds is 4. The Labute approximate surface area is 368 Å². The zero-order chi connectivity index (χ0) is 42.9. The Morgan fingerprint density at radius 3 is 1.35 bits per heavy atom. The van der Waals surface area contributed by atoms with E-state index in [0.717, 1.165) is 17.1 Å². The Balaban J connectivity index is 1.22. The summed E-state index contributed by atoms with van der Waals surface area (Å²) >= 11 is 0. The van der Waals surface area contributed by atoms with Gasteiger partial charge >= 0.3 is 0 Å². The van der Waals surface area contributed by atoms with Gasteiger partial charge in [0.15, 0.2) is 0 Å². The van der Waals surface area contributed by atoms with Crippen molar-refractivity contribution in [3.8, 4) is 44.5 Å². The molecule has 1 spiro atoms. The molecule has 0 aromatic heterocycles. The van der Waals surface area contributed by atoms with Crippen LogP contribution in [0.25, 0.3) is 44.5 Å². The van der Waals surface area contributed by atoms with Crippen LogP contribution in [0.2, 0.25) is 0 Å². The maximum atomic E-state index is 2.56. The van der Waals surface area contributed by atoms with Crippen LogP contribution >= 0.6 is 0 Å². The van der Waals surface area contributed by atoms with Gasteiger partial charge in [-0.25, -0.2) is 0 Å². The van der Waals surface area contributed by atoms with E-state index in [1.807, 2.05) is 0 Å². The van der Waals surface area contributed by atoms with E-state index in [4.69, 9.17) is 0 Å². The van der Waals surface area contributed by atoms with Crippen LogP contribution < -0.4 is 4.90 Å². The Morgan fingerprint density at radius 1 is 0.371 bits per heavy atom. The van der Waals surface area contributed by atoms with E-state index in [9.17, 15) is 0 Å². The third kappa shape index (κ3) is 5.46. The summed E-state index contributed by atoms with van der Waals surface area (Å²) in [5.41, 5.74) is 25.4. The van der Waals surface area contributed by atoms with Crippen molar-refractivity contribution in [2.75, 3.05) is 4.90 Å². The molecule has 0 N–H and O–H groups in total. The predicted octanol–water partition coefficient (Wildman–Crippen LogP) is 16.4. The van der Waals surface area contributed by atoms with E-state index in [2.05, 4.69) is 237 Å². The van der Waals surface area contributed by atoms with Crippen molar-refractivity contribution >= 4 is 17.1 Å². The highest BCUT2D eigenvalue weighted by molar-refractivity contribution is 5.98. The predicted molar refractivity (Wildman–Crippen MR) is 263 cm³/mol. The first kappa shape index (κ1) is 38.5. The second kappa shape index (κ2) is 13.3. The van der Waals surface area contributed by atoms with E-state index in [1.54, 1.807) is 0 Å².